The van der Waals surface area contributed by atoms with Gasteiger partial charge in [-0.2, -0.15) is 0 Å². The lowest BCUT2D eigenvalue weighted by atomic mass is 9.97. The molecule has 4 N–H and O–H groups in total. The second kappa shape index (κ2) is 6.24. The third-order valence-electron chi connectivity index (χ3n) is 3.94. The predicted molar refractivity (Wildman–Crippen MR) is 78.3 cm³/mol. The van der Waals surface area contributed by atoms with Crippen LogP contribution in [0.25, 0.3) is 0 Å². The van der Waals surface area contributed by atoms with Gasteiger partial charge in [-0.15, -0.1) is 0 Å². The molecule has 1 aliphatic heterocycles. The second-order valence-electron chi connectivity index (χ2n) is 5.34. The fourth-order valence-electron chi connectivity index (χ4n) is 3.10. The zero-order chi connectivity index (χ0) is 14.7. The molecule has 0 bridgehead atoms. The van der Waals surface area contributed by atoms with Crippen molar-refractivity contribution in [2.24, 2.45) is 11.5 Å². The zero-order valence-corrected chi connectivity index (χ0v) is 12.1. The molecule has 20 heavy (non-hydrogen) atoms. The molecule has 1 fully saturated rings. The Kier molecular flexibility index (Phi) is 4.62. The van der Waals surface area contributed by atoms with E-state index in [4.69, 9.17) is 16.2 Å². The van der Waals surface area contributed by atoms with Gasteiger partial charge in [-0.05, 0) is 32.4 Å². The summed E-state index contributed by atoms with van der Waals surface area (Å²) in [6.45, 7) is 2.78. The Morgan fingerprint density at radius 2 is 2.15 bits per heavy atom. The van der Waals surface area contributed by atoms with E-state index < -0.39 is 0 Å². The summed E-state index contributed by atoms with van der Waals surface area (Å²) in [6.07, 6.45) is 1.76. The monoisotopic (exact) mass is 277 g/mol. The molecule has 1 aromatic carbocycles. The molecule has 1 saturated heterocycles. The lowest BCUT2D eigenvalue weighted by Gasteiger charge is -2.35. The van der Waals surface area contributed by atoms with Crippen molar-refractivity contribution in [3.8, 4) is 5.75 Å². The van der Waals surface area contributed by atoms with Crippen molar-refractivity contribution in [3.63, 3.8) is 0 Å². The zero-order valence-electron chi connectivity index (χ0n) is 12.1. The van der Waals surface area contributed by atoms with E-state index in [9.17, 15) is 4.79 Å². The first-order chi connectivity index (χ1) is 9.56. The number of amides is 1. The van der Waals surface area contributed by atoms with E-state index >= 15 is 0 Å². The topological polar surface area (TPSA) is 81.6 Å². The highest BCUT2D eigenvalue weighted by Gasteiger charge is 2.37. The number of carbonyl (C=O) groups is 1. The Bertz CT molecular complexity index is 476. The highest BCUT2D eigenvalue weighted by atomic mass is 16.5. The first-order valence-electron chi connectivity index (χ1n) is 6.99. The van der Waals surface area contributed by atoms with E-state index in [0.29, 0.717) is 0 Å². The molecule has 5 nitrogen and oxygen atoms in total. The number of likely N-dealkylation sites (tertiary alicyclic amines) is 1. The average molecular weight is 277 g/mol. The smallest absolute Gasteiger partial charge is 0.234 e. The normalized spacial score (nSPS) is 22.4. The summed E-state index contributed by atoms with van der Waals surface area (Å²) in [6, 6.07) is 7.38. The minimum absolute atomic E-state index is 0.0638. The molecule has 3 unspecified atom stereocenters. The van der Waals surface area contributed by atoms with Crippen LogP contribution in [0.1, 0.15) is 31.4 Å². The average Bonchev–Trinajstić information content (AvgIpc) is 2.88. The molecule has 1 aliphatic rings. The minimum Gasteiger partial charge on any atom is -0.496 e. The van der Waals surface area contributed by atoms with Gasteiger partial charge in [-0.3, -0.25) is 9.69 Å². The van der Waals surface area contributed by atoms with Gasteiger partial charge in [-0.25, -0.2) is 0 Å². The number of carbonyl (C=O) groups excluding carboxylic acids is 1. The largest absolute Gasteiger partial charge is 0.496 e. The van der Waals surface area contributed by atoms with Crippen molar-refractivity contribution in [2.45, 2.75) is 37.9 Å². The van der Waals surface area contributed by atoms with Gasteiger partial charge in [-0.1, -0.05) is 18.2 Å². The third-order valence-corrected chi connectivity index (χ3v) is 3.94. The molecule has 0 saturated carbocycles. The maximum atomic E-state index is 11.6. The van der Waals surface area contributed by atoms with Gasteiger partial charge in [0.1, 0.15) is 5.75 Å². The van der Waals surface area contributed by atoms with E-state index in [1.807, 2.05) is 31.2 Å². The van der Waals surface area contributed by atoms with Gasteiger partial charge < -0.3 is 16.2 Å². The number of nitrogens with zero attached hydrogens (tertiary/aromatic N) is 1. The summed E-state index contributed by atoms with van der Waals surface area (Å²) >= 11 is 0. The number of hydrogen-bond donors (Lipinski definition) is 2. The minimum atomic E-state index is -0.275. The van der Waals surface area contributed by atoms with Crippen LogP contribution in [0.15, 0.2) is 24.3 Å². The summed E-state index contributed by atoms with van der Waals surface area (Å²) in [4.78, 5) is 13.7. The summed E-state index contributed by atoms with van der Waals surface area (Å²) in [5, 5.41) is 0. The number of hydrogen-bond acceptors (Lipinski definition) is 4. The van der Waals surface area contributed by atoms with Crippen LogP contribution >= 0.6 is 0 Å². The Balaban J connectivity index is 2.38. The molecule has 5 heteroatoms. The number of nitrogens with two attached hydrogens (primary N) is 2. The Hall–Kier alpha value is -1.59. The Labute approximate surface area is 119 Å². The number of benzene rings is 1. The standard InChI is InChI=1S/C15H23N3O2/c1-10(16)14(11-6-3-4-8-13(11)20-2)18-9-5-7-12(18)15(17)19/h3-4,6,8,10,12,14H,5,7,9,16H2,1-2H3,(H2,17,19). The summed E-state index contributed by atoms with van der Waals surface area (Å²) in [5.74, 6) is 0.521. The van der Waals surface area contributed by atoms with Crippen molar-refractivity contribution in [3.05, 3.63) is 29.8 Å². The number of ether oxygens (including phenoxy) is 1. The highest BCUT2D eigenvalue weighted by molar-refractivity contribution is 5.80. The summed E-state index contributed by atoms with van der Waals surface area (Å²) in [5.41, 5.74) is 12.7. The molecule has 3 atom stereocenters. The van der Waals surface area contributed by atoms with Gasteiger partial charge >= 0.3 is 0 Å². The molecule has 110 valence electrons. The molecule has 0 aromatic heterocycles. The molecule has 0 spiro atoms. The number of primary amides is 1. The van der Waals surface area contributed by atoms with Crippen LogP contribution in [0.2, 0.25) is 0 Å². The fourth-order valence-corrected chi connectivity index (χ4v) is 3.10. The van der Waals surface area contributed by atoms with Crippen LogP contribution in [0.3, 0.4) is 0 Å². The number of para-hydroxylation sites is 1. The Morgan fingerprint density at radius 1 is 1.45 bits per heavy atom. The highest BCUT2D eigenvalue weighted by Crippen LogP contribution is 2.35. The van der Waals surface area contributed by atoms with Crippen LogP contribution in [-0.2, 0) is 4.79 Å². The second-order valence-corrected chi connectivity index (χ2v) is 5.34. The molecule has 1 amide bonds. The fraction of sp³-hybridized carbons (Fsp3) is 0.533. The van der Waals surface area contributed by atoms with Crippen molar-refractivity contribution in [1.82, 2.24) is 4.90 Å². The van der Waals surface area contributed by atoms with Crippen molar-refractivity contribution >= 4 is 5.91 Å². The van der Waals surface area contributed by atoms with Gasteiger partial charge in [0.05, 0.1) is 19.2 Å². The molecule has 0 aliphatic carbocycles. The first-order valence-corrected chi connectivity index (χ1v) is 6.99. The maximum Gasteiger partial charge on any atom is 0.234 e. The Morgan fingerprint density at radius 3 is 2.75 bits per heavy atom. The van der Waals surface area contributed by atoms with Gasteiger partial charge in [0.15, 0.2) is 0 Å². The van der Waals surface area contributed by atoms with Crippen LogP contribution in [-0.4, -0.2) is 36.5 Å². The summed E-state index contributed by atoms with van der Waals surface area (Å²) in [7, 11) is 1.65. The van der Waals surface area contributed by atoms with E-state index in [1.165, 1.54) is 0 Å². The molecular weight excluding hydrogens is 254 g/mol. The van der Waals surface area contributed by atoms with Crippen LogP contribution in [0.4, 0.5) is 0 Å². The molecule has 0 radical (unpaired) electrons. The van der Waals surface area contributed by atoms with Crippen molar-refractivity contribution < 1.29 is 9.53 Å². The van der Waals surface area contributed by atoms with Crippen molar-refractivity contribution in [2.75, 3.05) is 13.7 Å². The van der Waals surface area contributed by atoms with E-state index in [-0.39, 0.29) is 24.0 Å². The maximum absolute atomic E-state index is 11.6. The first kappa shape index (κ1) is 14.8. The molecule has 2 rings (SSSR count). The quantitative estimate of drug-likeness (QED) is 0.842. The van der Waals surface area contributed by atoms with Crippen LogP contribution in [0, 0.1) is 0 Å². The van der Waals surface area contributed by atoms with Crippen molar-refractivity contribution in [1.29, 1.82) is 0 Å². The third kappa shape index (κ3) is 2.78. The summed E-state index contributed by atoms with van der Waals surface area (Å²) < 4.78 is 5.43. The predicted octanol–water partition coefficient (Wildman–Crippen LogP) is 1.03. The van der Waals surface area contributed by atoms with Gasteiger partial charge in [0.2, 0.25) is 5.91 Å². The van der Waals surface area contributed by atoms with Gasteiger partial charge in [0.25, 0.3) is 0 Å². The van der Waals surface area contributed by atoms with Crippen LogP contribution in [0.5, 0.6) is 5.75 Å². The molecule has 1 heterocycles. The number of methoxy groups -OCH3 is 1. The SMILES string of the molecule is COc1ccccc1C(C(C)N)N1CCCC1C(N)=O. The van der Waals surface area contributed by atoms with E-state index in [1.54, 1.807) is 7.11 Å². The van der Waals surface area contributed by atoms with Gasteiger partial charge in [0, 0.05) is 11.6 Å². The van der Waals surface area contributed by atoms with E-state index in [2.05, 4.69) is 4.90 Å². The lowest BCUT2D eigenvalue weighted by molar-refractivity contribution is -0.123. The molecular formula is C15H23N3O2. The van der Waals surface area contributed by atoms with E-state index in [0.717, 1.165) is 30.7 Å². The van der Waals surface area contributed by atoms with Crippen LogP contribution < -0.4 is 16.2 Å². The number of rotatable bonds is 5. The lowest BCUT2D eigenvalue weighted by Crippen LogP contribution is -2.47. The molecule has 1 aromatic rings.